The third kappa shape index (κ3) is 3.53. The summed E-state index contributed by atoms with van der Waals surface area (Å²) in [6, 6.07) is 10.2. The standard InChI is InChI=1S/C18H24N4O2/c1-2-19-18(24)22-13-11-21(12-14-22)17(23)8-10-20-9-7-15-5-3-4-6-16(15)20/h3-7,9H,2,8,10-14H2,1H3,(H,19,24). The van der Waals surface area contributed by atoms with Gasteiger partial charge in [0.1, 0.15) is 0 Å². The fraction of sp³-hybridized carbons (Fsp3) is 0.444. The minimum atomic E-state index is -0.0385. The van der Waals surface area contributed by atoms with E-state index in [2.05, 4.69) is 28.1 Å². The van der Waals surface area contributed by atoms with Crippen molar-refractivity contribution in [3.63, 3.8) is 0 Å². The van der Waals surface area contributed by atoms with Gasteiger partial charge in [-0.2, -0.15) is 0 Å². The average Bonchev–Trinajstić information content (AvgIpc) is 3.03. The fourth-order valence-electron chi connectivity index (χ4n) is 3.13. The molecule has 1 saturated heterocycles. The number of nitrogens with zero attached hydrogens (tertiary/aromatic N) is 3. The Morgan fingerprint density at radius 2 is 1.75 bits per heavy atom. The summed E-state index contributed by atoms with van der Waals surface area (Å²) in [5.74, 6) is 0.156. The lowest BCUT2D eigenvalue weighted by Gasteiger charge is -2.34. The van der Waals surface area contributed by atoms with E-state index in [1.807, 2.05) is 30.2 Å². The Morgan fingerprint density at radius 1 is 1.04 bits per heavy atom. The minimum Gasteiger partial charge on any atom is -0.347 e. The number of aromatic nitrogens is 1. The molecular weight excluding hydrogens is 304 g/mol. The van der Waals surface area contributed by atoms with Gasteiger partial charge in [0.15, 0.2) is 0 Å². The molecule has 2 aromatic rings. The van der Waals surface area contributed by atoms with Crippen molar-refractivity contribution >= 4 is 22.8 Å². The first-order chi connectivity index (χ1) is 11.7. The summed E-state index contributed by atoms with van der Waals surface area (Å²) in [7, 11) is 0. The number of para-hydroxylation sites is 1. The molecule has 1 N–H and O–H groups in total. The molecule has 0 bridgehead atoms. The summed E-state index contributed by atoms with van der Waals surface area (Å²) in [5.41, 5.74) is 1.16. The topological polar surface area (TPSA) is 57.6 Å². The first-order valence-corrected chi connectivity index (χ1v) is 8.53. The lowest BCUT2D eigenvalue weighted by atomic mass is 10.2. The zero-order chi connectivity index (χ0) is 16.9. The van der Waals surface area contributed by atoms with Crippen LogP contribution in [0.5, 0.6) is 0 Å². The van der Waals surface area contributed by atoms with Gasteiger partial charge in [-0.05, 0) is 24.4 Å². The molecule has 0 radical (unpaired) electrons. The Kier molecular flexibility index (Phi) is 5.03. The van der Waals surface area contributed by atoms with E-state index in [-0.39, 0.29) is 11.9 Å². The molecule has 3 amide bonds. The first kappa shape index (κ1) is 16.4. The second kappa shape index (κ2) is 7.38. The van der Waals surface area contributed by atoms with Gasteiger partial charge in [-0.15, -0.1) is 0 Å². The van der Waals surface area contributed by atoms with Crippen molar-refractivity contribution in [2.24, 2.45) is 0 Å². The summed E-state index contributed by atoms with van der Waals surface area (Å²) in [4.78, 5) is 27.8. The number of carbonyl (C=O) groups is 2. The summed E-state index contributed by atoms with van der Waals surface area (Å²) in [5, 5.41) is 4.00. The van der Waals surface area contributed by atoms with Crippen molar-refractivity contribution in [2.75, 3.05) is 32.7 Å². The lowest BCUT2D eigenvalue weighted by Crippen LogP contribution is -2.53. The van der Waals surface area contributed by atoms with Crippen molar-refractivity contribution in [2.45, 2.75) is 19.9 Å². The van der Waals surface area contributed by atoms with Crippen LogP contribution < -0.4 is 5.32 Å². The van der Waals surface area contributed by atoms with Crippen LogP contribution in [-0.4, -0.2) is 59.0 Å². The summed E-state index contributed by atoms with van der Waals surface area (Å²) < 4.78 is 2.12. The largest absolute Gasteiger partial charge is 0.347 e. The number of nitrogens with one attached hydrogen (secondary N) is 1. The molecule has 6 heteroatoms. The normalized spacial score (nSPS) is 14.9. The van der Waals surface area contributed by atoms with Crippen molar-refractivity contribution in [1.29, 1.82) is 0 Å². The van der Waals surface area contributed by atoms with Gasteiger partial charge in [0.25, 0.3) is 0 Å². The third-order valence-electron chi connectivity index (χ3n) is 4.49. The van der Waals surface area contributed by atoms with Gasteiger partial charge in [-0.1, -0.05) is 18.2 Å². The Balaban J connectivity index is 1.50. The molecule has 1 aromatic heterocycles. The van der Waals surface area contributed by atoms with Crippen molar-refractivity contribution in [3.8, 4) is 0 Å². The number of piperazine rings is 1. The van der Waals surface area contributed by atoms with Crippen LogP contribution in [0.15, 0.2) is 36.5 Å². The molecule has 1 aliphatic rings. The number of urea groups is 1. The Morgan fingerprint density at radius 3 is 2.50 bits per heavy atom. The molecule has 0 atom stereocenters. The maximum atomic E-state index is 12.4. The molecule has 128 valence electrons. The molecule has 0 aliphatic carbocycles. The zero-order valence-electron chi connectivity index (χ0n) is 14.1. The Hall–Kier alpha value is -2.50. The van der Waals surface area contributed by atoms with E-state index in [0.29, 0.717) is 45.7 Å². The second-order valence-corrected chi connectivity index (χ2v) is 6.02. The van der Waals surface area contributed by atoms with E-state index in [4.69, 9.17) is 0 Å². The Labute approximate surface area is 142 Å². The quantitative estimate of drug-likeness (QED) is 0.932. The second-order valence-electron chi connectivity index (χ2n) is 6.02. The maximum absolute atomic E-state index is 12.4. The molecule has 2 heterocycles. The van der Waals surface area contributed by atoms with Gasteiger partial charge in [0.2, 0.25) is 5.91 Å². The molecule has 6 nitrogen and oxygen atoms in total. The van der Waals surface area contributed by atoms with Crippen LogP contribution in [0.1, 0.15) is 13.3 Å². The van der Waals surface area contributed by atoms with Crippen molar-refractivity contribution in [1.82, 2.24) is 19.7 Å². The molecule has 0 spiro atoms. The number of rotatable bonds is 4. The van der Waals surface area contributed by atoms with Crippen LogP contribution in [0.3, 0.4) is 0 Å². The van der Waals surface area contributed by atoms with E-state index in [1.54, 1.807) is 4.90 Å². The van der Waals surface area contributed by atoms with E-state index < -0.39 is 0 Å². The lowest BCUT2D eigenvalue weighted by molar-refractivity contribution is -0.132. The third-order valence-corrected chi connectivity index (χ3v) is 4.49. The van der Waals surface area contributed by atoms with E-state index in [0.717, 1.165) is 5.52 Å². The van der Waals surface area contributed by atoms with Crippen LogP contribution in [0.4, 0.5) is 4.79 Å². The molecule has 1 fully saturated rings. The number of hydrogen-bond donors (Lipinski definition) is 1. The SMILES string of the molecule is CCNC(=O)N1CCN(C(=O)CCn2ccc3ccccc32)CC1. The molecule has 3 rings (SSSR count). The van der Waals surface area contributed by atoms with Gasteiger partial charge in [0.05, 0.1) is 0 Å². The number of amides is 3. The summed E-state index contributed by atoms with van der Waals surface area (Å²) in [6.07, 6.45) is 2.52. The van der Waals surface area contributed by atoms with Gasteiger partial charge in [-0.3, -0.25) is 4.79 Å². The Bertz CT molecular complexity index is 717. The first-order valence-electron chi connectivity index (χ1n) is 8.53. The summed E-state index contributed by atoms with van der Waals surface area (Å²) >= 11 is 0. The predicted octanol–water partition coefficient (Wildman–Crippen LogP) is 1.91. The fourth-order valence-corrected chi connectivity index (χ4v) is 3.13. The smallest absolute Gasteiger partial charge is 0.317 e. The number of fused-ring (bicyclic) bond motifs is 1. The molecule has 24 heavy (non-hydrogen) atoms. The zero-order valence-corrected chi connectivity index (χ0v) is 14.1. The number of benzene rings is 1. The molecule has 0 unspecified atom stereocenters. The average molecular weight is 328 g/mol. The van der Waals surface area contributed by atoms with E-state index in [1.165, 1.54) is 5.39 Å². The number of hydrogen-bond acceptors (Lipinski definition) is 2. The van der Waals surface area contributed by atoms with Crippen molar-refractivity contribution in [3.05, 3.63) is 36.5 Å². The monoisotopic (exact) mass is 328 g/mol. The van der Waals surface area contributed by atoms with E-state index in [9.17, 15) is 9.59 Å². The number of aryl methyl sites for hydroxylation is 1. The number of carbonyl (C=O) groups excluding carboxylic acids is 2. The van der Waals surface area contributed by atoms with Crippen LogP contribution >= 0.6 is 0 Å². The van der Waals surface area contributed by atoms with Gasteiger partial charge in [0, 0.05) is 57.4 Å². The molecule has 1 aliphatic heterocycles. The summed E-state index contributed by atoms with van der Waals surface area (Å²) in [6.45, 7) is 5.65. The highest BCUT2D eigenvalue weighted by atomic mass is 16.2. The molecular formula is C18H24N4O2. The molecule has 1 aromatic carbocycles. The van der Waals surface area contributed by atoms with Gasteiger partial charge < -0.3 is 19.7 Å². The minimum absolute atomic E-state index is 0.0385. The van der Waals surface area contributed by atoms with Gasteiger partial charge >= 0.3 is 6.03 Å². The highest BCUT2D eigenvalue weighted by Gasteiger charge is 2.23. The van der Waals surface area contributed by atoms with Crippen LogP contribution in [0.2, 0.25) is 0 Å². The van der Waals surface area contributed by atoms with Crippen molar-refractivity contribution < 1.29 is 9.59 Å². The van der Waals surface area contributed by atoms with Crippen LogP contribution in [-0.2, 0) is 11.3 Å². The highest BCUT2D eigenvalue weighted by Crippen LogP contribution is 2.15. The maximum Gasteiger partial charge on any atom is 0.317 e. The van der Waals surface area contributed by atoms with Crippen LogP contribution in [0, 0.1) is 0 Å². The predicted molar refractivity (Wildman–Crippen MR) is 93.8 cm³/mol. The molecule has 0 saturated carbocycles. The van der Waals surface area contributed by atoms with Gasteiger partial charge in [-0.25, -0.2) is 4.79 Å². The van der Waals surface area contributed by atoms with Crippen LogP contribution in [0.25, 0.3) is 10.9 Å². The highest BCUT2D eigenvalue weighted by molar-refractivity contribution is 5.81. The van der Waals surface area contributed by atoms with E-state index >= 15 is 0 Å².